The molecule has 0 bridgehead atoms. The molecule has 32 heavy (non-hydrogen) atoms. The van der Waals surface area contributed by atoms with Crippen molar-refractivity contribution < 1.29 is 45.7 Å². The van der Waals surface area contributed by atoms with Crippen molar-refractivity contribution in [1.29, 1.82) is 0 Å². The molecule has 0 saturated heterocycles. The van der Waals surface area contributed by atoms with E-state index in [2.05, 4.69) is 4.74 Å². The molecule has 0 amide bonds. The SMILES string of the molecule is COc1ccc(COC(c2cc(C)c(OCCCO)c(C)c2)(C(F)(F)F)C(F)(F)F)cc1. The molecule has 0 fully saturated rings. The summed E-state index contributed by atoms with van der Waals surface area (Å²) in [5, 5.41) is 8.84. The number of hydrogen-bond acceptors (Lipinski definition) is 4. The molecule has 0 aliphatic carbocycles. The zero-order valence-corrected chi connectivity index (χ0v) is 17.7. The van der Waals surface area contributed by atoms with Gasteiger partial charge in [0.1, 0.15) is 11.5 Å². The summed E-state index contributed by atoms with van der Waals surface area (Å²) in [5.74, 6) is 0.560. The second-order valence-electron chi connectivity index (χ2n) is 7.18. The van der Waals surface area contributed by atoms with Crippen LogP contribution < -0.4 is 9.47 Å². The summed E-state index contributed by atoms with van der Waals surface area (Å²) in [5.41, 5.74) is -5.34. The molecule has 0 heterocycles. The predicted molar refractivity (Wildman–Crippen MR) is 105 cm³/mol. The summed E-state index contributed by atoms with van der Waals surface area (Å²) >= 11 is 0. The van der Waals surface area contributed by atoms with Crippen molar-refractivity contribution in [1.82, 2.24) is 0 Å². The topological polar surface area (TPSA) is 47.9 Å². The van der Waals surface area contributed by atoms with Crippen molar-refractivity contribution in [3.05, 3.63) is 58.7 Å². The van der Waals surface area contributed by atoms with Crippen LogP contribution in [0, 0.1) is 13.8 Å². The van der Waals surface area contributed by atoms with E-state index >= 15 is 0 Å². The second-order valence-corrected chi connectivity index (χ2v) is 7.18. The minimum absolute atomic E-state index is 0.0647. The number of aliphatic hydroxyl groups is 1. The first-order valence-corrected chi connectivity index (χ1v) is 9.63. The lowest BCUT2D eigenvalue weighted by Gasteiger charge is -2.38. The molecular formula is C22H24F6O4. The third-order valence-electron chi connectivity index (χ3n) is 4.83. The number of alkyl halides is 6. The number of hydrogen-bond donors (Lipinski definition) is 1. The highest BCUT2D eigenvalue weighted by Gasteiger charge is 2.73. The minimum Gasteiger partial charge on any atom is -0.497 e. The Kier molecular flexibility index (Phi) is 8.06. The molecule has 2 rings (SSSR count). The van der Waals surface area contributed by atoms with Crippen molar-refractivity contribution in [2.24, 2.45) is 0 Å². The maximum Gasteiger partial charge on any atom is 0.430 e. The van der Waals surface area contributed by atoms with Gasteiger partial charge in [0.15, 0.2) is 0 Å². The molecule has 178 valence electrons. The molecule has 0 aliphatic rings. The highest BCUT2D eigenvalue weighted by atomic mass is 19.4. The summed E-state index contributed by atoms with van der Waals surface area (Å²) in [4.78, 5) is 0. The van der Waals surface area contributed by atoms with Crippen molar-refractivity contribution in [2.45, 2.75) is 44.8 Å². The minimum atomic E-state index is -5.80. The fourth-order valence-corrected chi connectivity index (χ4v) is 3.27. The Morgan fingerprint density at radius 2 is 1.41 bits per heavy atom. The van der Waals surface area contributed by atoms with Gasteiger partial charge in [0.2, 0.25) is 0 Å². The van der Waals surface area contributed by atoms with Crippen molar-refractivity contribution in [3.8, 4) is 11.5 Å². The molecule has 0 atom stereocenters. The van der Waals surface area contributed by atoms with Gasteiger partial charge in [-0.15, -0.1) is 0 Å². The highest BCUT2D eigenvalue weighted by molar-refractivity contribution is 5.46. The molecule has 0 spiro atoms. The first-order chi connectivity index (χ1) is 14.9. The molecule has 0 aliphatic heterocycles. The van der Waals surface area contributed by atoms with E-state index in [4.69, 9.17) is 14.6 Å². The van der Waals surface area contributed by atoms with Gasteiger partial charge in [-0.25, -0.2) is 0 Å². The summed E-state index contributed by atoms with van der Waals surface area (Å²) < 4.78 is 99.4. The molecule has 2 aromatic rings. The van der Waals surface area contributed by atoms with E-state index in [0.717, 1.165) is 12.1 Å². The average Bonchev–Trinajstić information content (AvgIpc) is 2.69. The van der Waals surface area contributed by atoms with Crippen LogP contribution in [0.1, 0.15) is 28.7 Å². The van der Waals surface area contributed by atoms with E-state index in [0.29, 0.717) is 5.75 Å². The lowest BCUT2D eigenvalue weighted by atomic mass is 9.88. The van der Waals surface area contributed by atoms with Gasteiger partial charge < -0.3 is 19.3 Å². The van der Waals surface area contributed by atoms with Crippen LogP contribution in [-0.4, -0.2) is 37.8 Å². The molecule has 0 saturated carbocycles. The van der Waals surface area contributed by atoms with Crippen molar-refractivity contribution >= 4 is 0 Å². The van der Waals surface area contributed by atoms with Gasteiger partial charge in [0.25, 0.3) is 5.60 Å². The van der Waals surface area contributed by atoms with E-state index in [1.54, 1.807) is 0 Å². The van der Waals surface area contributed by atoms with Gasteiger partial charge in [0, 0.05) is 18.6 Å². The summed E-state index contributed by atoms with van der Waals surface area (Å²) in [6.45, 7) is 1.67. The van der Waals surface area contributed by atoms with E-state index in [1.807, 2.05) is 0 Å². The van der Waals surface area contributed by atoms with Crippen molar-refractivity contribution in [2.75, 3.05) is 20.3 Å². The van der Waals surface area contributed by atoms with Crippen LogP contribution in [0.15, 0.2) is 36.4 Å². The van der Waals surface area contributed by atoms with Crippen LogP contribution >= 0.6 is 0 Å². The van der Waals surface area contributed by atoms with E-state index in [1.165, 1.54) is 45.2 Å². The normalized spacial score (nSPS) is 12.7. The molecular weight excluding hydrogens is 442 g/mol. The van der Waals surface area contributed by atoms with Gasteiger partial charge in [-0.05, 0) is 54.8 Å². The monoisotopic (exact) mass is 466 g/mol. The first-order valence-electron chi connectivity index (χ1n) is 9.63. The van der Waals surface area contributed by atoms with Gasteiger partial charge >= 0.3 is 12.4 Å². The Morgan fingerprint density at radius 1 is 0.875 bits per heavy atom. The number of aliphatic hydroxyl groups excluding tert-OH is 1. The smallest absolute Gasteiger partial charge is 0.430 e. The first kappa shape index (κ1) is 25.8. The fraction of sp³-hybridized carbons (Fsp3) is 0.455. The Hall–Kier alpha value is -2.46. The van der Waals surface area contributed by atoms with Crippen LogP contribution in [0.25, 0.3) is 0 Å². The van der Waals surface area contributed by atoms with Crippen LogP contribution in [0.2, 0.25) is 0 Å². The van der Waals surface area contributed by atoms with Crippen LogP contribution in [0.3, 0.4) is 0 Å². The Labute approximate surface area is 181 Å². The van der Waals surface area contributed by atoms with Crippen LogP contribution in [-0.2, 0) is 16.9 Å². The van der Waals surface area contributed by atoms with Gasteiger partial charge in [0.05, 0.1) is 20.3 Å². The molecule has 10 heteroatoms. The van der Waals surface area contributed by atoms with Gasteiger partial charge in [-0.2, -0.15) is 26.3 Å². The number of methoxy groups -OCH3 is 1. The third kappa shape index (κ3) is 5.29. The van der Waals surface area contributed by atoms with Gasteiger partial charge in [-0.3, -0.25) is 0 Å². The summed E-state index contributed by atoms with van der Waals surface area (Å²) in [7, 11) is 1.38. The molecule has 0 unspecified atom stereocenters. The summed E-state index contributed by atoms with van der Waals surface area (Å²) in [6.07, 6.45) is -11.3. The van der Waals surface area contributed by atoms with E-state index in [-0.39, 0.29) is 42.1 Å². The Bertz CT molecular complexity index is 854. The number of rotatable bonds is 9. The zero-order valence-electron chi connectivity index (χ0n) is 17.7. The second kappa shape index (κ2) is 9.99. The molecule has 2 aromatic carbocycles. The highest BCUT2D eigenvalue weighted by Crippen LogP contribution is 2.54. The molecule has 0 radical (unpaired) electrons. The molecule has 4 nitrogen and oxygen atoms in total. The number of aryl methyl sites for hydroxylation is 2. The zero-order chi connectivity index (χ0) is 24.2. The van der Waals surface area contributed by atoms with E-state index in [9.17, 15) is 26.3 Å². The molecule has 1 N–H and O–H groups in total. The fourth-order valence-electron chi connectivity index (χ4n) is 3.27. The number of benzene rings is 2. The summed E-state index contributed by atoms with van der Waals surface area (Å²) in [6, 6.07) is 7.02. The van der Waals surface area contributed by atoms with E-state index < -0.39 is 30.1 Å². The number of halogens is 6. The maximum absolute atomic E-state index is 14.1. The maximum atomic E-state index is 14.1. The van der Waals surface area contributed by atoms with Crippen molar-refractivity contribution in [3.63, 3.8) is 0 Å². The lowest BCUT2D eigenvalue weighted by molar-refractivity contribution is -0.392. The number of ether oxygens (including phenoxy) is 3. The van der Waals surface area contributed by atoms with Crippen LogP contribution in [0.5, 0.6) is 11.5 Å². The predicted octanol–water partition coefficient (Wildman–Crippen LogP) is 5.61. The van der Waals surface area contributed by atoms with Crippen LogP contribution in [0.4, 0.5) is 26.3 Å². The van der Waals surface area contributed by atoms with Gasteiger partial charge in [-0.1, -0.05) is 12.1 Å². The largest absolute Gasteiger partial charge is 0.497 e. The quantitative estimate of drug-likeness (QED) is 0.386. The third-order valence-corrected chi connectivity index (χ3v) is 4.83. The lowest BCUT2D eigenvalue weighted by Crippen LogP contribution is -2.56. The molecule has 0 aromatic heterocycles. The Balaban J connectivity index is 2.53. The Morgan fingerprint density at radius 3 is 1.84 bits per heavy atom. The standard InChI is InChI=1S/C22H24F6O4/c1-14-11-17(12-15(2)19(14)31-10-4-9-29)20(21(23,24)25,22(26,27)28)32-13-16-5-7-18(30-3)8-6-16/h5-8,11-12,29H,4,9-10,13H2,1-3H3. The average molecular weight is 466 g/mol.